The van der Waals surface area contributed by atoms with Crippen LogP contribution in [-0.4, -0.2) is 28.4 Å². The third-order valence-corrected chi connectivity index (χ3v) is 2.25. The number of aromatic nitrogens is 2. The van der Waals surface area contributed by atoms with E-state index in [1.54, 1.807) is 0 Å². The Morgan fingerprint density at radius 2 is 2.36 bits per heavy atom. The van der Waals surface area contributed by atoms with Crippen molar-refractivity contribution in [1.29, 1.82) is 0 Å². The van der Waals surface area contributed by atoms with E-state index in [0.717, 1.165) is 12.5 Å². The fourth-order valence-electron chi connectivity index (χ4n) is 1.27. The first-order chi connectivity index (χ1) is 6.88. The molecule has 0 radical (unpaired) electrons. The van der Waals surface area contributed by atoms with Gasteiger partial charge < -0.3 is 14.9 Å². The summed E-state index contributed by atoms with van der Waals surface area (Å²) in [6, 6.07) is 0. The first-order valence-corrected chi connectivity index (χ1v) is 5.01. The Kier molecular flexibility index (Phi) is 3.10. The Labute approximate surface area is 82.5 Å². The number of hydrogen-bond acceptors (Lipinski definition) is 5. The van der Waals surface area contributed by atoms with Crippen LogP contribution in [0.3, 0.4) is 0 Å². The highest BCUT2D eigenvalue weighted by Gasteiger charge is 2.20. The summed E-state index contributed by atoms with van der Waals surface area (Å²) < 4.78 is 4.98. The van der Waals surface area contributed by atoms with Crippen molar-refractivity contribution in [3.63, 3.8) is 0 Å². The first-order valence-electron chi connectivity index (χ1n) is 5.01. The zero-order valence-corrected chi connectivity index (χ0v) is 8.07. The molecule has 0 unspecified atom stereocenters. The number of aliphatic hydroxyl groups is 1. The fraction of sp³-hybridized carbons (Fsp3) is 0.778. The summed E-state index contributed by atoms with van der Waals surface area (Å²) in [6.07, 6.45) is 3.14. The quantitative estimate of drug-likeness (QED) is 0.677. The minimum Gasteiger partial charge on any atom is -0.396 e. The molecule has 0 bridgehead atoms. The van der Waals surface area contributed by atoms with Gasteiger partial charge in [0.05, 0.1) is 13.2 Å². The van der Waals surface area contributed by atoms with Crippen LogP contribution in [0.2, 0.25) is 0 Å². The van der Waals surface area contributed by atoms with Crippen LogP contribution >= 0.6 is 0 Å². The maximum atomic E-state index is 8.65. The number of nitrogens with zero attached hydrogens (tertiary/aromatic N) is 2. The predicted octanol–water partition coefficient (Wildman–Crippen LogP) is 0.104. The third-order valence-electron chi connectivity index (χ3n) is 2.25. The van der Waals surface area contributed by atoms with Crippen molar-refractivity contribution < 1.29 is 9.63 Å². The molecule has 78 valence electrons. The second-order valence-corrected chi connectivity index (χ2v) is 3.65. The molecule has 0 atom stereocenters. The summed E-state index contributed by atoms with van der Waals surface area (Å²) in [6.45, 7) is 1.74. The summed E-state index contributed by atoms with van der Waals surface area (Å²) in [7, 11) is 0. The van der Waals surface area contributed by atoms with Gasteiger partial charge in [-0.3, -0.25) is 0 Å². The van der Waals surface area contributed by atoms with Gasteiger partial charge in [-0.05, 0) is 25.3 Å². The molecule has 2 rings (SSSR count). The molecule has 1 aliphatic rings. The summed E-state index contributed by atoms with van der Waals surface area (Å²) in [5.74, 6) is 2.04. The van der Waals surface area contributed by atoms with Crippen LogP contribution < -0.4 is 5.32 Å². The molecule has 0 aliphatic heterocycles. The molecule has 1 aromatic rings. The number of hydrogen-bond donors (Lipinski definition) is 2. The predicted molar refractivity (Wildman–Crippen MR) is 49.5 cm³/mol. The van der Waals surface area contributed by atoms with E-state index in [9.17, 15) is 0 Å². The Morgan fingerprint density at radius 1 is 1.50 bits per heavy atom. The topological polar surface area (TPSA) is 71.2 Å². The van der Waals surface area contributed by atoms with Gasteiger partial charge in [0.15, 0.2) is 5.82 Å². The van der Waals surface area contributed by atoms with Crippen molar-refractivity contribution in [2.45, 2.75) is 25.8 Å². The van der Waals surface area contributed by atoms with Gasteiger partial charge in [0.2, 0.25) is 5.89 Å². The van der Waals surface area contributed by atoms with Crippen molar-refractivity contribution in [1.82, 2.24) is 15.5 Å². The average Bonchev–Trinajstić information content (AvgIpc) is 2.88. The van der Waals surface area contributed by atoms with Crippen molar-refractivity contribution in [2.75, 3.05) is 13.2 Å². The zero-order chi connectivity index (χ0) is 9.80. The van der Waals surface area contributed by atoms with Crippen LogP contribution in [0.5, 0.6) is 0 Å². The summed E-state index contributed by atoms with van der Waals surface area (Å²) in [5.41, 5.74) is 0. The molecule has 0 saturated heterocycles. The van der Waals surface area contributed by atoms with E-state index in [2.05, 4.69) is 15.5 Å². The normalized spacial score (nSPS) is 16.1. The molecular weight excluding hydrogens is 182 g/mol. The van der Waals surface area contributed by atoms with Gasteiger partial charge in [-0.25, -0.2) is 0 Å². The van der Waals surface area contributed by atoms with E-state index in [1.807, 2.05) is 0 Å². The Balaban J connectivity index is 1.71. The standard InChI is InChI=1S/C9H15N3O2/c13-4-3-8-11-9(14-12-8)6-10-5-7-1-2-7/h7,10,13H,1-6H2. The van der Waals surface area contributed by atoms with Gasteiger partial charge in [-0.1, -0.05) is 5.16 Å². The van der Waals surface area contributed by atoms with Crippen LogP contribution in [0.4, 0.5) is 0 Å². The maximum absolute atomic E-state index is 8.65. The molecule has 1 fully saturated rings. The van der Waals surface area contributed by atoms with Crippen LogP contribution in [-0.2, 0) is 13.0 Å². The number of rotatable bonds is 6. The van der Waals surface area contributed by atoms with Gasteiger partial charge in [0.25, 0.3) is 0 Å². The largest absolute Gasteiger partial charge is 0.396 e. The van der Waals surface area contributed by atoms with E-state index in [0.29, 0.717) is 24.7 Å². The molecule has 0 amide bonds. The molecule has 0 aromatic carbocycles. The first kappa shape index (κ1) is 9.61. The molecule has 5 heteroatoms. The third kappa shape index (κ3) is 2.78. The molecule has 2 N–H and O–H groups in total. The van der Waals surface area contributed by atoms with Crippen molar-refractivity contribution in [3.05, 3.63) is 11.7 Å². The number of nitrogens with one attached hydrogen (secondary N) is 1. The second kappa shape index (κ2) is 4.52. The smallest absolute Gasteiger partial charge is 0.240 e. The minimum atomic E-state index is 0.0640. The monoisotopic (exact) mass is 197 g/mol. The maximum Gasteiger partial charge on any atom is 0.240 e. The average molecular weight is 197 g/mol. The van der Waals surface area contributed by atoms with Crippen LogP contribution in [0, 0.1) is 5.92 Å². The lowest BCUT2D eigenvalue weighted by Crippen LogP contribution is -2.16. The molecule has 1 heterocycles. The zero-order valence-electron chi connectivity index (χ0n) is 8.07. The highest BCUT2D eigenvalue weighted by atomic mass is 16.5. The lowest BCUT2D eigenvalue weighted by atomic mass is 10.4. The van der Waals surface area contributed by atoms with Crippen LogP contribution in [0.15, 0.2) is 4.52 Å². The van der Waals surface area contributed by atoms with Gasteiger partial charge in [-0.2, -0.15) is 4.98 Å². The van der Waals surface area contributed by atoms with Crippen molar-refractivity contribution >= 4 is 0 Å². The SMILES string of the molecule is OCCc1noc(CNCC2CC2)n1. The molecular formula is C9H15N3O2. The van der Waals surface area contributed by atoms with E-state index in [-0.39, 0.29) is 6.61 Å². The van der Waals surface area contributed by atoms with Gasteiger partial charge in [-0.15, -0.1) is 0 Å². The Morgan fingerprint density at radius 3 is 3.07 bits per heavy atom. The fourth-order valence-corrected chi connectivity index (χ4v) is 1.27. The van der Waals surface area contributed by atoms with E-state index < -0.39 is 0 Å². The van der Waals surface area contributed by atoms with E-state index in [4.69, 9.17) is 9.63 Å². The Bertz CT molecular complexity index is 283. The minimum absolute atomic E-state index is 0.0640. The van der Waals surface area contributed by atoms with Gasteiger partial charge in [0, 0.05) is 6.42 Å². The van der Waals surface area contributed by atoms with E-state index in [1.165, 1.54) is 12.8 Å². The molecule has 0 spiro atoms. The molecule has 14 heavy (non-hydrogen) atoms. The molecule has 1 aromatic heterocycles. The summed E-state index contributed by atoms with van der Waals surface area (Å²) in [5, 5.41) is 15.6. The second-order valence-electron chi connectivity index (χ2n) is 3.65. The highest BCUT2D eigenvalue weighted by Crippen LogP contribution is 2.27. The van der Waals surface area contributed by atoms with Crippen molar-refractivity contribution in [2.24, 2.45) is 5.92 Å². The van der Waals surface area contributed by atoms with Gasteiger partial charge in [0.1, 0.15) is 0 Å². The number of aliphatic hydroxyl groups excluding tert-OH is 1. The Hall–Kier alpha value is -0.940. The van der Waals surface area contributed by atoms with Crippen LogP contribution in [0.25, 0.3) is 0 Å². The highest BCUT2D eigenvalue weighted by molar-refractivity contribution is 4.86. The molecule has 1 saturated carbocycles. The van der Waals surface area contributed by atoms with Crippen LogP contribution in [0.1, 0.15) is 24.6 Å². The summed E-state index contributed by atoms with van der Waals surface area (Å²) in [4.78, 5) is 4.12. The van der Waals surface area contributed by atoms with E-state index >= 15 is 0 Å². The molecule has 5 nitrogen and oxygen atoms in total. The molecule has 1 aliphatic carbocycles. The lowest BCUT2D eigenvalue weighted by molar-refractivity contribution is 0.292. The van der Waals surface area contributed by atoms with Crippen molar-refractivity contribution in [3.8, 4) is 0 Å². The summed E-state index contributed by atoms with van der Waals surface area (Å²) >= 11 is 0. The lowest BCUT2D eigenvalue weighted by Gasteiger charge is -1.96. The van der Waals surface area contributed by atoms with Gasteiger partial charge >= 0.3 is 0 Å².